The summed E-state index contributed by atoms with van der Waals surface area (Å²) in [6, 6.07) is 8.28. The average Bonchev–Trinajstić information content (AvgIpc) is 2.27. The number of hydrogen-bond acceptors (Lipinski definition) is 2. The number of benzene rings is 1. The van der Waals surface area contributed by atoms with Gasteiger partial charge in [-0.25, -0.2) is 0 Å². The Morgan fingerprint density at radius 2 is 1.95 bits per heavy atom. The summed E-state index contributed by atoms with van der Waals surface area (Å²) in [5.41, 5.74) is 1.34. The van der Waals surface area contributed by atoms with Crippen LogP contribution in [0.1, 0.15) is 40.2 Å². The molecule has 0 aliphatic carbocycles. The van der Waals surface area contributed by atoms with Crippen LogP contribution in [0.4, 0.5) is 0 Å². The van der Waals surface area contributed by atoms with Gasteiger partial charge in [0.05, 0.1) is 12.7 Å². The number of nitrogens with one attached hydrogen (secondary N) is 1. The molecule has 0 aliphatic rings. The van der Waals surface area contributed by atoms with E-state index in [1.54, 1.807) is 0 Å². The van der Waals surface area contributed by atoms with Gasteiger partial charge in [0.2, 0.25) is 0 Å². The Morgan fingerprint density at radius 1 is 1.26 bits per heavy atom. The number of ether oxygens (including phenoxy) is 1. The first-order chi connectivity index (χ1) is 8.78. The molecule has 1 unspecified atom stereocenters. The topological polar surface area (TPSA) is 21.3 Å². The Labute approximate surface area is 126 Å². The SMILES string of the molecule is CC(C)C(CNC(C)(C)C)OCc1cccc(Br)c1. The minimum Gasteiger partial charge on any atom is -0.372 e. The molecule has 19 heavy (non-hydrogen) atoms. The van der Waals surface area contributed by atoms with Crippen molar-refractivity contribution in [1.29, 1.82) is 0 Å². The Morgan fingerprint density at radius 3 is 2.47 bits per heavy atom. The first kappa shape index (κ1) is 16.7. The van der Waals surface area contributed by atoms with Crippen LogP contribution in [0, 0.1) is 5.92 Å². The second kappa shape index (κ2) is 7.41. The van der Waals surface area contributed by atoms with E-state index in [0.717, 1.165) is 11.0 Å². The molecule has 0 saturated heterocycles. The first-order valence-electron chi connectivity index (χ1n) is 6.89. The van der Waals surface area contributed by atoms with Crippen molar-refractivity contribution < 1.29 is 4.74 Å². The van der Waals surface area contributed by atoms with Gasteiger partial charge >= 0.3 is 0 Å². The van der Waals surface area contributed by atoms with Crippen molar-refractivity contribution >= 4 is 15.9 Å². The summed E-state index contributed by atoms with van der Waals surface area (Å²) in [6.07, 6.45) is 0.234. The molecule has 3 heteroatoms. The monoisotopic (exact) mass is 327 g/mol. The van der Waals surface area contributed by atoms with E-state index in [1.807, 2.05) is 12.1 Å². The van der Waals surface area contributed by atoms with Crippen molar-refractivity contribution in [3.8, 4) is 0 Å². The van der Waals surface area contributed by atoms with E-state index < -0.39 is 0 Å². The molecular formula is C16H26BrNO. The second-order valence-corrected chi connectivity index (χ2v) is 7.27. The van der Waals surface area contributed by atoms with E-state index in [-0.39, 0.29) is 11.6 Å². The van der Waals surface area contributed by atoms with Crippen molar-refractivity contribution in [2.45, 2.75) is 52.9 Å². The van der Waals surface area contributed by atoms with E-state index in [9.17, 15) is 0 Å². The van der Waals surface area contributed by atoms with Gasteiger partial charge in [-0.2, -0.15) is 0 Å². The van der Waals surface area contributed by atoms with Crippen molar-refractivity contribution in [2.24, 2.45) is 5.92 Å². The van der Waals surface area contributed by atoms with Crippen LogP contribution in [0.5, 0.6) is 0 Å². The summed E-state index contributed by atoms with van der Waals surface area (Å²) in [5.74, 6) is 0.502. The molecule has 0 radical (unpaired) electrons. The summed E-state index contributed by atoms with van der Waals surface area (Å²) in [5, 5.41) is 3.52. The van der Waals surface area contributed by atoms with Crippen LogP contribution in [0.2, 0.25) is 0 Å². The summed E-state index contributed by atoms with van der Waals surface area (Å²) in [7, 11) is 0. The maximum atomic E-state index is 6.06. The van der Waals surface area contributed by atoms with Crippen LogP contribution < -0.4 is 5.32 Å². The third-order valence-corrected chi connectivity index (χ3v) is 3.42. The van der Waals surface area contributed by atoms with Gasteiger partial charge in [0.15, 0.2) is 0 Å². The highest BCUT2D eigenvalue weighted by atomic mass is 79.9. The van der Waals surface area contributed by atoms with Crippen LogP contribution in [0.15, 0.2) is 28.7 Å². The molecule has 0 heterocycles. The standard InChI is InChI=1S/C16H26BrNO/c1-12(2)15(10-18-16(3,4)5)19-11-13-7-6-8-14(17)9-13/h6-9,12,15,18H,10-11H2,1-5H3. The molecule has 0 bridgehead atoms. The van der Waals surface area contributed by atoms with Gasteiger partial charge in [0.25, 0.3) is 0 Å². The first-order valence-corrected chi connectivity index (χ1v) is 7.68. The Bertz CT molecular complexity index is 385. The largest absolute Gasteiger partial charge is 0.372 e. The fraction of sp³-hybridized carbons (Fsp3) is 0.625. The minimum atomic E-state index is 0.131. The lowest BCUT2D eigenvalue weighted by Gasteiger charge is -2.27. The lowest BCUT2D eigenvalue weighted by atomic mass is 10.0. The van der Waals surface area contributed by atoms with Gasteiger partial charge in [-0.05, 0) is 44.4 Å². The highest BCUT2D eigenvalue weighted by Gasteiger charge is 2.17. The van der Waals surface area contributed by atoms with Crippen LogP contribution >= 0.6 is 15.9 Å². The maximum absolute atomic E-state index is 6.06. The smallest absolute Gasteiger partial charge is 0.0727 e. The normalized spacial score (nSPS) is 13.8. The third-order valence-electron chi connectivity index (χ3n) is 2.93. The number of hydrogen-bond donors (Lipinski definition) is 1. The molecule has 1 atom stereocenters. The molecule has 0 amide bonds. The predicted molar refractivity (Wildman–Crippen MR) is 85.3 cm³/mol. The van der Waals surface area contributed by atoms with Crippen LogP contribution in [-0.2, 0) is 11.3 Å². The molecule has 1 aromatic carbocycles. The van der Waals surface area contributed by atoms with Crippen LogP contribution in [0.3, 0.4) is 0 Å². The van der Waals surface area contributed by atoms with E-state index in [1.165, 1.54) is 5.56 Å². The quantitative estimate of drug-likeness (QED) is 0.837. The van der Waals surface area contributed by atoms with Crippen molar-refractivity contribution in [1.82, 2.24) is 5.32 Å². The van der Waals surface area contributed by atoms with Gasteiger partial charge in [-0.15, -0.1) is 0 Å². The summed E-state index contributed by atoms with van der Waals surface area (Å²) >= 11 is 3.49. The van der Waals surface area contributed by atoms with Crippen molar-refractivity contribution in [3.05, 3.63) is 34.3 Å². The molecule has 1 rings (SSSR count). The van der Waals surface area contributed by atoms with E-state index in [4.69, 9.17) is 4.74 Å². The molecule has 0 fully saturated rings. The summed E-state index contributed by atoms with van der Waals surface area (Å²) < 4.78 is 7.16. The zero-order valence-corrected chi connectivity index (χ0v) is 14.3. The highest BCUT2D eigenvalue weighted by molar-refractivity contribution is 9.10. The Kier molecular flexibility index (Phi) is 6.51. The molecule has 0 aromatic heterocycles. The van der Waals surface area contributed by atoms with Gasteiger partial charge in [-0.3, -0.25) is 0 Å². The molecule has 0 aliphatic heterocycles. The Balaban J connectivity index is 2.50. The lowest BCUT2D eigenvalue weighted by molar-refractivity contribution is 0.00785. The predicted octanol–water partition coefficient (Wildman–Crippen LogP) is 4.38. The minimum absolute atomic E-state index is 0.131. The summed E-state index contributed by atoms with van der Waals surface area (Å²) in [6.45, 7) is 12.5. The van der Waals surface area contributed by atoms with Crippen molar-refractivity contribution in [3.63, 3.8) is 0 Å². The van der Waals surface area contributed by atoms with Crippen LogP contribution in [0.25, 0.3) is 0 Å². The summed E-state index contributed by atoms with van der Waals surface area (Å²) in [4.78, 5) is 0. The third kappa shape index (κ3) is 7.09. The van der Waals surface area contributed by atoms with Gasteiger partial charge in [-0.1, -0.05) is 41.9 Å². The fourth-order valence-corrected chi connectivity index (χ4v) is 2.17. The van der Waals surface area contributed by atoms with E-state index >= 15 is 0 Å². The molecule has 108 valence electrons. The number of rotatable bonds is 6. The molecule has 2 nitrogen and oxygen atoms in total. The zero-order valence-electron chi connectivity index (χ0n) is 12.7. The van der Waals surface area contributed by atoms with Gasteiger partial charge in [0.1, 0.15) is 0 Å². The van der Waals surface area contributed by atoms with Crippen molar-refractivity contribution in [2.75, 3.05) is 6.54 Å². The highest BCUT2D eigenvalue weighted by Crippen LogP contribution is 2.15. The molecule has 1 aromatic rings. The molecule has 0 spiro atoms. The lowest BCUT2D eigenvalue weighted by Crippen LogP contribution is -2.43. The van der Waals surface area contributed by atoms with Gasteiger partial charge < -0.3 is 10.1 Å². The zero-order chi connectivity index (χ0) is 14.5. The Hall–Kier alpha value is -0.380. The van der Waals surface area contributed by atoms with Gasteiger partial charge in [0, 0.05) is 16.6 Å². The molecular weight excluding hydrogens is 302 g/mol. The van der Waals surface area contributed by atoms with E-state index in [0.29, 0.717) is 12.5 Å². The molecule has 1 N–H and O–H groups in total. The van der Waals surface area contributed by atoms with E-state index in [2.05, 4.69) is 68.0 Å². The maximum Gasteiger partial charge on any atom is 0.0727 e. The van der Waals surface area contributed by atoms with Crippen LogP contribution in [-0.4, -0.2) is 18.2 Å². The molecule has 0 saturated carbocycles. The fourth-order valence-electron chi connectivity index (χ4n) is 1.72. The number of halogens is 1. The average molecular weight is 328 g/mol. The second-order valence-electron chi connectivity index (χ2n) is 6.35.